The van der Waals surface area contributed by atoms with Crippen LogP contribution in [0.3, 0.4) is 0 Å². The zero-order valence-corrected chi connectivity index (χ0v) is 18.1. The van der Waals surface area contributed by atoms with Gasteiger partial charge in [0.15, 0.2) is 0 Å². The average Bonchev–Trinajstić information content (AvgIpc) is 3.37. The van der Waals surface area contributed by atoms with Gasteiger partial charge in [0, 0.05) is 49.4 Å². The van der Waals surface area contributed by atoms with E-state index in [1.54, 1.807) is 17.2 Å². The lowest BCUT2D eigenvalue weighted by molar-refractivity contribution is -0.142. The Bertz CT molecular complexity index is 896. The lowest BCUT2D eigenvalue weighted by Crippen LogP contribution is -2.45. The van der Waals surface area contributed by atoms with Crippen LogP contribution in [0.4, 0.5) is 4.39 Å². The Kier molecular flexibility index (Phi) is 6.69. The molecule has 1 aromatic carbocycles. The van der Waals surface area contributed by atoms with Gasteiger partial charge in [-0.25, -0.2) is 9.37 Å². The highest BCUT2D eigenvalue weighted by Crippen LogP contribution is 2.40. The number of nitrogens with zero attached hydrogens (tertiary/aromatic N) is 2. The van der Waals surface area contributed by atoms with Crippen LogP contribution in [0.5, 0.6) is 0 Å². The third kappa shape index (κ3) is 4.81. The molecule has 8 heteroatoms. The van der Waals surface area contributed by atoms with Gasteiger partial charge < -0.3 is 25.0 Å². The number of hydrogen-bond donors (Lipinski definition) is 3. The van der Waals surface area contributed by atoms with Crippen molar-refractivity contribution in [3.63, 3.8) is 0 Å². The fraction of sp³-hybridized carbons (Fsp3) is 0.565. The minimum atomic E-state index is -0.833. The number of carbonyl (C=O) groups is 1. The second-order valence-electron chi connectivity index (χ2n) is 8.79. The molecule has 3 N–H and O–H groups in total. The molecule has 4 atom stereocenters. The predicted octanol–water partition coefficient (Wildman–Crippen LogP) is 2.15. The monoisotopic (exact) mass is 430 g/mol. The molecule has 0 radical (unpaired) electrons. The maximum Gasteiger partial charge on any atom is 0.228 e. The number of aromatic nitrogens is 2. The van der Waals surface area contributed by atoms with E-state index >= 15 is 0 Å². The number of morpholine rings is 1. The number of aliphatic hydroxyl groups excluding tert-OH is 1. The Labute approximate surface area is 182 Å². The summed E-state index contributed by atoms with van der Waals surface area (Å²) in [5.74, 6) is -0.0226. The van der Waals surface area contributed by atoms with Crippen molar-refractivity contribution >= 4 is 5.91 Å². The van der Waals surface area contributed by atoms with Crippen molar-refractivity contribution in [1.29, 1.82) is 0 Å². The number of amides is 1. The van der Waals surface area contributed by atoms with Gasteiger partial charge in [-0.3, -0.25) is 4.79 Å². The largest absolute Gasteiger partial charge is 0.392 e. The molecule has 2 aromatic rings. The predicted molar refractivity (Wildman–Crippen MR) is 114 cm³/mol. The molecule has 0 bridgehead atoms. The Hall–Kier alpha value is -2.29. The maximum atomic E-state index is 13.6. The molecule has 1 aromatic heterocycles. The maximum absolute atomic E-state index is 13.6. The molecular weight excluding hydrogens is 399 g/mol. The van der Waals surface area contributed by atoms with E-state index in [1.807, 2.05) is 6.07 Å². The molecule has 1 saturated carbocycles. The number of rotatable bonds is 6. The minimum Gasteiger partial charge on any atom is -0.392 e. The normalized spacial score (nSPS) is 26.5. The van der Waals surface area contributed by atoms with E-state index in [2.05, 4.69) is 29.1 Å². The summed E-state index contributed by atoms with van der Waals surface area (Å²) in [6, 6.07) is 6.31. The molecule has 1 aliphatic carbocycles. The van der Waals surface area contributed by atoms with Crippen molar-refractivity contribution in [1.82, 2.24) is 20.2 Å². The SMILES string of the molecule is CC(C)c1ncc([C@@H]2[C@H](O)[C@@H](C(=O)N3CCOCC3)C[C@H]2NCc2cccc(F)c2)[nH]1. The number of aliphatic hydroxyl groups is 1. The molecule has 0 unspecified atom stereocenters. The van der Waals surface area contributed by atoms with E-state index in [9.17, 15) is 14.3 Å². The van der Waals surface area contributed by atoms with E-state index in [0.717, 1.165) is 17.1 Å². The summed E-state index contributed by atoms with van der Waals surface area (Å²) < 4.78 is 18.9. The molecule has 1 aliphatic heterocycles. The summed E-state index contributed by atoms with van der Waals surface area (Å²) >= 11 is 0. The Morgan fingerprint density at radius 1 is 1.39 bits per heavy atom. The third-order valence-electron chi connectivity index (χ3n) is 6.34. The van der Waals surface area contributed by atoms with Crippen LogP contribution in [0.25, 0.3) is 0 Å². The number of imidazole rings is 1. The summed E-state index contributed by atoms with van der Waals surface area (Å²) in [5, 5.41) is 14.7. The van der Waals surface area contributed by atoms with Crippen LogP contribution in [-0.4, -0.2) is 64.3 Å². The fourth-order valence-electron chi connectivity index (χ4n) is 4.63. The number of ether oxygens (including phenoxy) is 1. The van der Waals surface area contributed by atoms with Crippen molar-refractivity contribution < 1.29 is 19.0 Å². The van der Waals surface area contributed by atoms with Gasteiger partial charge in [0.2, 0.25) is 5.91 Å². The molecular formula is C23H31FN4O3. The summed E-state index contributed by atoms with van der Waals surface area (Å²) in [6.07, 6.45) is 1.44. The molecule has 2 aliphatic rings. The molecule has 2 fully saturated rings. The number of hydrogen-bond acceptors (Lipinski definition) is 5. The third-order valence-corrected chi connectivity index (χ3v) is 6.34. The van der Waals surface area contributed by atoms with Gasteiger partial charge >= 0.3 is 0 Å². The van der Waals surface area contributed by atoms with Crippen LogP contribution >= 0.6 is 0 Å². The van der Waals surface area contributed by atoms with Crippen LogP contribution in [0.15, 0.2) is 30.5 Å². The van der Waals surface area contributed by atoms with Crippen LogP contribution in [0, 0.1) is 11.7 Å². The zero-order valence-electron chi connectivity index (χ0n) is 18.1. The highest BCUT2D eigenvalue weighted by Gasteiger charge is 2.48. The quantitative estimate of drug-likeness (QED) is 0.653. The first kappa shape index (κ1) is 21.9. The lowest BCUT2D eigenvalue weighted by Gasteiger charge is -2.30. The number of carbonyl (C=O) groups excluding carboxylic acids is 1. The summed E-state index contributed by atoms with van der Waals surface area (Å²) in [6.45, 7) is 6.71. The summed E-state index contributed by atoms with van der Waals surface area (Å²) in [4.78, 5) is 22.8. The molecule has 4 rings (SSSR count). The van der Waals surface area contributed by atoms with E-state index in [-0.39, 0.29) is 29.6 Å². The van der Waals surface area contributed by atoms with Crippen molar-refractivity contribution in [3.05, 3.63) is 53.4 Å². The Morgan fingerprint density at radius 2 is 2.16 bits per heavy atom. The number of H-pyrrole nitrogens is 1. The standard InChI is InChI=1S/C23H31FN4O3/c1-14(2)22-26-13-19(27-22)20-18(25-12-15-4-3-5-16(24)10-15)11-17(21(20)29)23(30)28-6-8-31-9-7-28/h3-5,10,13-14,17-18,20-21,25,29H,6-9,11-12H2,1-2H3,(H,26,27)/t17-,18+,20+,21+/m0/s1. The van der Waals surface area contributed by atoms with E-state index < -0.39 is 12.0 Å². The van der Waals surface area contributed by atoms with Crippen LogP contribution in [0.1, 0.15) is 49.2 Å². The van der Waals surface area contributed by atoms with Crippen molar-refractivity contribution in [2.45, 2.75) is 50.8 Å². The summed E-state index contributed by atoms with van der Waals surface area (Å²) in [7, 11) is 0. The minimum absolute atomic E-state index is 0.0283. The first-order valence-electron chi connectivity index (χ1n) is 11.0. The second-order valence-corrected chi connectivity index (χ2v) is 8.79. The zero-order chi connectivity index (χ0) is 22.0. The van der Waals surface area contributed by atoms with E-state index in [1.165, 1.54) is 12.1 Å². The van der Waals surface area contributed by atoms with Crippen molar-refractivity contribution in [2.75, 3.05) is 26.3 Å². The number of aromatic amines is 1. The topological polar surface area (TPSA) is 90.5 Å². The highest BCUT2D eigenvalue weighted by atomic mass is 19.1. The second kappa shape index (κ2) is 9.46. The van der Waals surface area contributed by atoms with Gasteiger partial charge in [-0.05, 0) is 24.1 Å². The smallest absolute Gasteiger partial charge is 0.228 e. The molecule has 0 spiro atoms. The van der Waals surface area contributed by atoms with E-state index in [0.29, 0.717) is 39.3 Å². The van der Waals surface area contributed by atoms with Gasteiger partial charge in [0.1, 0.15) is 11.6 Å². The number of benzene rings is 1. The number of halogens is 1. The Balaban J connectivity index is 1.55. The molecule has 2 heterocycles. The highest BCUT2D eigenvalue weighted by molar-refractivity contribution is 5.80. The van der Waals surface area contributed by atoms with Gasteiger partial charge in [-0.2, -0.15) is 0 Å². The average molecular weight is 431 g/mol. The molecule has 7 nitrogen and oxygen atoms in total. The first-order chi connectivity index (χ1) is 14.9. The molecule has 1 saturated heterocycles. The van der Waals surface area contributed by atoms with Crippen LogP contribution < -0.4 is 5.32 Å². The van der Waals surface area contributed by atoms with Crippen molar-refractivity contribution in [3.8, 4) is 0 Å². The summed E-state index contributed by atoms with van der Waals surface area (Å²) in [5.41, 5.74) is 1.65. The molecule has 1 amide bonds. The van der Waals surface area contributed by atoms with Gasteiger partial charge in [-0.15, -0.1) is 0 Å². The molecule has 168 valence electrons. The first-order valence-corrected chi connectivity index (χ1v) is 11.0. The fourth-order valence-corrected chi connectivity index (χ4v) is 4.63. The van der Waals surface area contributed by atoms with E-state index in [4.69, 9.17) is 4.74 Å². The van der Waals surface area contributed by atoms with Crippen molar-refractivity contribution in [2.24, 2.45) is 5.92 Å². The van der Waals surface area contributed by atoms with Gasteiger partial charge in [0.05, 0.1) is 25.2 Å². The van der Waals surface area contributed by atoms with Crippen LogP contribution in [-0.2, 0) is 16.1 Å². The van der Waals surface area contributed by atoms with Crippen LogP contribution in [0.2, 0.25) is 0 Å². The lowest BCUT2D eigenvalue weighted by atomic mass is 9.95. The Morgan fingerprint density at radius 3 is 2.84 bits per heavy atom. The van der Waals surface area contributed by atoms with Gasteiger partial charge in [-0.1, -0.05) is 26.0 Å². The molecule has 31 heavy (non-hydrogen) atoms. The number of nitrogens with one attached hydrogen (secondary N) is 2. The van der Waals surface area contributed by atoms with Gasteiger partial charge in [0.25, 0.3) is 0 Å².